The maximum atomic E-state index is 11.9. The predicted molar refractivity (Wildman–Crippen MR) is 133 cm³/mol. The maximum Gasteiger partial charge on any atom is 0.137 e. The Bertz CT molecular complexity index is 1180. The first-order valence-corrected chi connectivity index (χ1v) is 10.5. The second kappa shape index (κ2) is 10.5. The zero-order chi connectivity index (χ0) is 20.6. The summed E-state index contributed by atoms with van der Waals surface area (Å²) in [6.07, 6.45) is 2.99. The number of nitrogens with zero attached hydrogens (tertiary/aromatic N) is 4. The number of hydrogen-bond acceptors (Lipinski definition) is 4. The van der Waals surface area contributed by atoms with Crippen molar-refractivity contribution >= 4 is 74.8 Å². The van der Waals surface area contributed by atoms with Gasteiger partial charge in [0.05, 0.1) is 12.1 Å². The molecular formula is C21H19BrCl4N4O. The second-order valence-corrected chi connectivity index (χ2v) is 8.70. The van der Waals surface area contributed by atoms with Crippen LogP contribution in [0.3, 0.4) is 0 Å². The Morgan fingerprint density at radius 3 is 2.55 bits per heavy atom. The van der Waals surface area contributed by atoms with Gasteiger partial charge in [-0.15, -0.1) is 24.8 Å². The number of benzene rings is 2. The number of hydrogen-bond donors (Lipinski definition) is 1. The standard InChI is InChI=1S/C21H17BrCl2N4O.2ClH/c1-13(19-6-2-14-8-15(22)3-7-20(14)27-19)21(29,10-28-12-25-11-26-28)17-5-4-16(23)9-18(17)24;;/h2-9,11-13,29H,10H2,1H3;2*1H. The highest BCUT2D eigenvalue weighted by Gasteiger charge is 2.40. The number of fused-ring (bicyclic) bond motifs is 1. The van der Waals surface area contributed by atoms with Crippen LogP contribution in [0.2, 0.25) is 10.0 Å². The lowest BCUT2D eigenvalue weighted by molar-refractivity contribution is -0.00894. The summed E-state index contributed by atoms with van der Waals surface area (Å²) in [6.45, 7) is 2.09. The molecule has 2 aromatic carbocycles. The molecule has 0 aliphatic heterocycles. The molecule has 0 aliphatic rings. The van der Waals surface area contributed by atoms with E-state index in [1.807, 2.05) is 37.3 Å². The van der Waals surface area contributed by atoms with Gasteiger partial charge < -0.3 is 5.11 Å². The Morgan fingerprint density at radius 1 is 1.10 bits per heavy atom. The molecule has 4 rings (SSSR count). The minimum absolute atomic E-state index is 0. The van der Waals surface area contributed by atoms with E-state index in [0.717, 1.165) is 21.1 Å². The molecule has 1 N–H and O–H groups in total. The minimum atomic E-state index is -1.38. The van der Waals surface area contributed by atoms with Gasteiger partial charge in [0.15, 0.2) is 0 Å². The molecule has 0 spiro atoms. The van der Waals surface area contributed by atoms with Crippen molar-refractivity contribution in [1.82, 2.24) is 19.7 Å². The van der Waals surface area contributed by atoms with Crippen molar-refractivity contribution in [3.05, 3.63) is 87.0 Å². The molecule has 0 fully saturated rings. The van der Waals surface area contributed by atoms with Crippen molar-refractivity contribution in [2.75, 3.05) is 0 Å². The van der Waals surface area contributed by atoms with Crippen molar-refractivity contribution in [2.24, 2.45) is 0 Å². The molecule has 31 heavy (non-hydrogen) atoms. The van der Waals surface area contributed by atoms with Crippen molar-refractivity contribution in [3.63, 3.8) is 0 Å². The van der Waals surface area contributed by atoms with E-state index in [9.17, 15) is 5.11 Å². The Balaban J connectivity index is 0.00000171. The molecule has 0 amide bonds. The number of aromatic nitrogens is 4. The lowest BCUT2D eigenvalue weighted by Crippen LogP contribution is -2.38. The van der Waals surface area contributed by atoms with E-state index in [1.54, 1.807) is 29.2 Å². The molecule has 5 nitrogen and oxygen atoms in total. The van der Waals surface area contributed by atoms with Gasteiger partial charge in [0.1, 0.15) is 18.3 Å². The Hall–Kier alpha value is -1.41. The van der Waals surface area contributed by atoms with Gasteiger partial charge in [-0.3, -0.25) is 4.98 Å². The molecule has 0 aliphatic carbocycles. The summed E-state index contributed by atoms with van der Waals surface area (Å²) < 4.78 is 2.57. The average Bonchev–Trinajstić information content (AvgIpc) is 3.19. The van der Waals surface area contributed by atoms with Crippen LogP contribution in [0.15, 0.2) is 65.7 Å². The van der Waals surface area contributed by atoms with E-state index in [2.05, 4.69) is 26.0 Å². The smallest absolute Gasteiger partial charge is 0.137 e. The van der Waals surface area contributed by atoms with Crippen LogP contribution in [0.5, 0.6) is 0 Å². The second-order valence-electron chi connectivity index (χ2n) is 6.94. The summed E-state index contributed by atoms with van der Waals surface area (Å²) in [5, 5.41) is 18.0. The van der Waals surface area contributed by atoms with E-state index < -0.39 is 11.5 Å². The fourth-order valence-corrected chi connectivity index (χ4v) is 4.41. The fraction of sp³-hybridized carbons (Fsp3) is 0.190. The third kappa shape index (κ3) is 5.33. The van der Waals surface area contributed by atoms with Gasteiger partial charge in [0.25, 0.3) is 0 Å². The number of halogens is 5. The monoisotopic (exact) mass is 562 g/mol. The first kappa shape index (κ1) is 25.8. The summed E-state index contributed by atoms with van der Waals surface area (Å²) in [4.78, 5) is 8.77. The van der Waals surface area contributed by atoms with Gasteiger partial charge in [-0.25, -0.2) is 9.67 Å². The maximum absolute atomic E-state index is 11.9. The van der Waals surface area contributed by atoms with E-state index in [0.29, 0.717) is 15.6 Å². The summed E-state index contributed by atoms with van der Waals surface area (Å²) in [5.41, 5.74) is 0.770. The Kier molecular flexibility index (Phi) is 8.73. The van der Waals surface area contributed by atoms with E-state index in [4.69, 9.17) is 28.2 Å². The Labute approximate surface area is 210 Å². The number of aliphatic hydroxyl groups is 1. The van der Waals surface area contributed by atoms with Crippen LogP contribution in [0, 0.1) is 0 Å². The highest BCUT2D eigenvalue weighted by atomic mass is 79.9. The van der Waals surface area contributed by atoms with Crippen molar-refractivity contribution in [2.45, 2.75) is 25.0 Å². The zero-order valence-electron chi connectivity index (χ0n) is 16.2. The van der Waals surface area contributed by atoms with Gasteiger partial charge in [-0.1, -0.05) is 58.2 Å². The highest BCUT2D eigenvalue weighted by Crippen LogP contribution is 2.41. The molecule has 164 valence electrons. The van der Waals surface area contributed by atoms with E-state index in [-0.39, 0.29) is 31.4 Å². The zero-order valence-corrected chi connectivity index (χ0v) is 21.0. The molecule has 2 atom stereocenters. The molecule has 2 heterocycles. The van der Waals surface area contributed by atoms with E-state index in [1.165, 1.54) is 6.33 Å². The number of rotatable bonds is 5. The van der Waals surface area contributed by atoms with Crippen LogP contribution in [0.4, 0.5) is 0 Å². The topological polar surface area (TPSA) is 63.8 Å². The molecule has 2 aromatic heterocycles. The summed E-state index contributed by atoms with van der Waals surface area (Å²) in [5.74, 6) is -0.390. The summed E-state index contributed by atoms with van der Waals surface area (Å²) in [6, 6.07) is 14.9. The van der Waals surface area contributed by atoms with Crippen LogP contribution >= 0.6 is 63.9 Å². The average molecular weight is 565 g/mol. The van der Waals surface area contributed by atoms with Crippen molar-refractivity contribution in [1.29, 1.82) is 0 Å². The summed E-state index contributed by atoms with van der Waals surface area (Å²) in [7, 11) is 0. The first-order chi connectivity index (χ1) is 13.9. The van der Waals surface area contributed by atoms with E-state index >= 15 is 0 Å². The fourth-order valence-electron chi connectivity index (χ4n) is 3.46. The molecule has 0 radical (unpaired) electrons. The molecule has 0 bridgehead atoms. The lowest BCUT2D eigenvalue weighted by atomic mass is 9.80. The molecule has 4 aromatic rings. The van der Waals surface area contributed by atoms with Crippen LogP contribution in [-0.2, 0) is 12.1 Å². The molecular weight excluding hydrogens is 546 g/mol. The van der Waals surface area contributed by atoms with Gasteiger partial charge in [-0.05, 0) is 36.4 Å². The first-order valence-electron chi connectivity index (χ1n) is 8.93. The minimum Gasteiger partial charge on any atom is -0.382 e. The predicted octanol–water partition coefficient (Wildman–Crippen LogP) is 6.43. The third-order valence-electron chi connectivity index (χ3n) is 5.10. The third-order valence-corrected chi connectivity index (χ3v) is 6.14. The molecule has 10 heteroatoms. The lowest BCUT2D eigenvalue weighted by Gasteiger charge is -2.35. The van der Waals surface area contributed by atoms with Gasteiger partial charge in [0.2, 0.25) is 0 Å². The largest absolute Gasteiger partial charge is 0.382 e. The van der Waals surface area contributed by atoms with Crippen molar-refractivity contribution in [3.8, 4) is 0 Å². The normalized spacial score (nSPS) is 13.7. The van der Waals surface area contributed by atoms with Crippen molar-refractivity contribution < 1.29 is 5.11 Å². The van der Waals surface area contributed by atoms with Crippen LogP contribution in [0.25, 0.3) is 10.9 Å². The SMILES string of the molecule is CC(c1ccc2cc(Br)ccc2n1)C(O)(Cn1cncn1)c1ccc(Cl)cc1Cl.Cl.Cl. The van der Waals surface area contributed by atoms with Gasteiger partial charge in [-0.2, -0.15) is 5.10 Å². The molecule has 0 saturated carbocycles. The molecule has 2 unspecified atom stereocenters. The van der Waals surface area contributed by atoms with Crippen LogP contribution < -0.4 is 0 Å². The quantitative estimate of drug-likeness (QED) is 0.303. The molecule has 0 saturated heterocycles. The van der Waals surface area contributed by atoms with Gasteiger partial charge in [0, 0.05) is 37.1 Å². The number of pyridine rings is 1. The summed E-state index contributed by atoms with van der Waals surface area (Å²) >= 11 is 16.0. The van der Waals surface area contributed by atoms with Crippen LogP contribution in [-0.4, -0.2) is 24.9 Å². The van der Waals surface area contributed by atoms with Crippen LogP contribution in [0.1, 0.15) is 24.1 Å². The Morgan fingerprint density at radius 2 is 1.87 bits per heavy atom. The highest BCUT2D eigenvalue weighted by molar-refractivity contribution is 9.10. The van der Waals surface area contributed by atoms with Gasteiger partial charge >= 0.3 is 0 Å².